The Bertz CT molecular complexity index is 317. The minimum Gasteiger partial charge on any atom is -0.459 e. The molecule has 0 aromatic carbocycles. The standard InChI is InChI=1S/C10H15NO2S2/c1-7(8(12)13-10(2,3)4)15-9-11-5-6-14-9/h5-7H,1-4H3. The number of hydrogen-bond acceptors (Lipinski definition) is 5. The molecule has 0 amide bonds. The van der Waals surface area contributed by atoms with Gasteiger partial charge in [-0.3, -0.25) is 4.79 Å². The Morgan fingerprint density at radius 1 is 1.60 bits per heavy atom. The third-order valence-electron chi connectivity index (χ3n) is 1.43. The van der Waals surface area contributed by atoms with E-state index in [4.69, 9.17) is 4.74 Å². The molecule has 1 heterocycles. The first kappa shape index (κ1) is 12.5. The second kappa shape index (κ2) is 4.99. The summed E-state index contributed by atoms with van der Waals surface area (Å²) in [5.74, 6) is -0.192. The maximum absolute atomic E-state index is 11.6. The largest absolute Gasteiger partial charge is 0.459 e. The van der Waals surface area contributed by atoms with Crippen molar-refractivity contribution in [3.8, 4) is 0 Å². The fourth-order valence-corrected chi connectivity index (χ4v) is 2.60. The van der Waals surface area contributed by atoms with Crippen molar-refractivity contribution < 1.29 is 9.53 Å². The summed E-state index contributed by atoms with van der Waals surface area (Å²) >= 11 is 2.96. The lowest BCUT2D eigenvalue weighted by atomic mass is 10.2. The first-order valence-electron chi connectivity index (χ1n) is 4.67. The van der Waals surface area contributed by atoms with E-state index in [0.717, 1.165) is 4.34 Å². The second-order valence-electron chi connectivity index (χ2n) is 4.09. The zero-order valence-corrected chi connectivity index (χ0v) is 10.9. The Morgan fingerprint density at radius 3 is 2.73 bits per heavy atom. The number of nitrogens with zero attached hydrogens (tertiary/aromatic N) is 1. The first-order chi connectivity index (χ1) is 6.88. The summed E-state index contributed by atoms with van der Waals surface area (Å²) in [7, 11) is 0. The van der Waals surface area contributed by atoms with Gasteiger partial charge in [-0.1, -0.05) is 11.8 Å². The number of carbonyl (C=O) groups excluding carboxylic acids is 1. The summed E-state index contributed by atoms with van der Waals surface area (Å²) in [6.07, 6.45) is 1.73. The minimum atomic E-state index is -0.422. The lowest BCUT2D eigenvalue weighted by molar-refractivity contribution is -0.153. The van der Waals surface area contributed by atoms with Gasteiger partial charge >= 0.3 is 5.97 Å². The van der Waals surface area contributed by atoms with Gasteiger partial charge in [0.25, 0.3) is 0 Å². The number of hydrogen-bond donors (Lipinski definition) is 0. The van der Waals surface area contributed by atoms with Crippen LogP contribution in [0, 0.1) is 0 Å². The van der Waals surface area contributed by atoms with Gasteiger partial charge in [-0.25, -0.2) is 4.98 Å². The van der Waals surface area contributed by atoms with E-state index in [9.17, 15) is 4.79 Å². The summed E-state index contributed by atoms with van der Waals surface area (Å²) in [5.41, 5.74) is -0.422. The summed E-state index contributed by atoms with van der Waals surface area (Å²) in [5, 5.41) is 1.68. The fourth-order valence-electron chi connectivity index (χ4n) is 0.853. The van der Waals surface area contributed by atoms with E-state index in [-0.39, 0.29) is 11.2 Å². The highest BCUT2D eigenvalue weighted by Gasteiger charge is 2.22. The predicted octanol–water partition coefficient (Wildman–Crippen LogP) is 2.97. The topological polar surface area (TPSA) is 39.2 Å². The van der Waals surface area contributed by atoms with Gasteiger partial charge in [-0.05, 0) is 27.7 Å². The molecule has 1 atom stereocenters. The number of thioether (sulfide) groups is 1. The molecular formula is C10H15NO2S2. The molecule has 0 spiro atoms. The molecule has 1 aromatic rings. The Morgan fingerprint density at radius 2 is 2.27 bits per heavy atom. The fraction of sp³-hybridized carbons (Fsp3) is 0.600. The number of ether oxygens (including phenoxy) is 1. The van der Waals surface area contributed by atoms with Crippen LogP contribution < -0.4 is 0 Å². The molecule has 1 rings (SSSR count). The Balaban J connectivity index is 2.47. The van der Waals surface area contributed by atoms with Crippen molar-refractivity contribution in [2.24, 2.45) is 0 Å². The van der Waals surface area contributed by atoms with Crippen LogP contribution in [0.25, 0.3) is 0 Å². The van der Waals surface area contributed by atoms with Crippen molar-refractivity contribution in [1.82, 2.24) is 4.98 Å². The maximum atomic E-state index is 11.6. The molecule has 0 aliphatic carbocycles. The smallest absolute Gasteiger partial charge is 0.319 e. The van der Waals surface area contributed by atoms with Crippen LogP contribution in [0.3, 0.4) is 0 Å². The molecule has 3 nitrogen and oxygen atoms in total. The monoisotopic (exact) mass is 245 g/mol. The van der Waals surface area contributed by atoms with Crippen molar-refractivity contribution in [3.63, 3.8) is 0 Å². The van der Waals surface area contributed by atoms with Gasteiger partial charge in [0.2, 0.25) is 0 Å². The van der Waals surface area contributed by atoms with E-state index in [1.165, 1.54) is 23.1 Å². The van der Waals surface area contributed by atoms with Crippen molar-refractivity contribution in [2.45, 2.75) is 42.9 Å². The average Bonchev–Trinajstić information content (AvgIpc) is 2.53. The molecule has 5 heteroatoms. The molecule has 84 valence electrons. The average molecular weight is 245 g/mol. The van der Waals surface area contributed by atoms with Crippen LogP contribution >= 0.6 is 23.1 Å². The van der Waals surface area contributed by atoms with Gasteiger partial charge in [0.15, 0.2) is 4.34 Å². The Hall–Kier alpha value is -0.550. The van der Waals surface area contributed by atoms with E-state index in [2.05, 4.69) is 4.98 Å². The van der Waals surface area contributed by atoms with E-state index >= 15 is 0 Å². The van der Waals surface area contributed by atoms with Crippen molar-refractivity contribution in [1.29, 1.82) is 0 Å². The summed E-state index contributed by atoms with van der Waals surface area (Å²) in [6.45, 7) is 7.43. The highest BCUT2D eigenvalue weighted by molar-refractivity contribution is 8.02. The van der Waals surface area contributed by atoms with Crippen molar-refractivity contribution >= 4 is 29.1 Å². The minimum absolute atomic E-state index is 0.192. The first-order valence-corrected chi connectivity index (χ1v) is 6.43. The van der Waals surface area contributed by atoms with E-state index in [1.807, 2.05) is 33.1 Å². The van der Waals surface area contributed by atoms with Gasteiger partial charge in [0.05, 0.1) is 0 Å². The van der Waals surface area contributed by atoms with Gasteiger partial charge in [0.1, 0.15) is 10.9 Å². The maximum Gasteiger partial charge on any atom is 0.319 e. The van der Waals surface area contributed by atoms with E-state index < -0.39 is 5.60 Å². The Labute approximate surface area is 98.2 Å². The van der Waals surface area contributed by atoms with Gasteiger partial charge in [-0.15, -0.1) is 11.3 Å². The number of esters is 1. The molecule has 0 fully saturated rings. The molecule has 0 aliphatic heterocycles. The van der Waals surface area contributed by atoms with E-state index in [1.54, 1.807) is 6.20 Å². The summed E-state index contributed by atoms with van der Waals surface area (Å²) in [4.78, 5) is 15.7. The zero-order valence-electron chi connectivity index (χ0n) is 9.31. The lowest BCUT2D eigenvalue weighted by Gasteiger charge is -2.21. The molecular weight excluding hydrogens is 230 g/mol. The third kappa shape index (κ3) is 4.66. The molecule has 1 unspecified atom stereocenters. The highest BCUT2D eigenvalue weighted by atomic mass is 32.2. The van der Waals surface area contributed by atoms with Crippen LogP contribution in [0.4, 0.5) is 0 Å². The third-order valence-corrected chi connectivity index (χ3v) is 3.42. The van der Waals surface area contributed by atoms with Gasteiger partial charge in [0, 0.05) is 11.6 Å². The van der Waals surface area contributed by atoms with Crippen LogP contribution in [0.15, 0.2) is 15.9 Å². The van der Waals surface area contributed by atoms with Crippen LogP contribution in [-0.4, -0.2) is 21.8 Å². The quantitative estimate of drug-likeness (QED) is 0.606. The number of aromatic nitrogens is 1. The van der Waals surface area contributed by atoms with Crippen molar-refractivity contribution in [2.75, 3.05) is 0 Å². The second-order valence-corrected chi connectivity index (χ2v) is 6.57. The molecule has 0 N–H and O–H groups in total. The van der Waals surface area contributed by atoms with Crippen LogP contribution in [0.1, 0.15) is 27.7 Å². The number of thiazole rings is 1. The predicted molar refractivity (Wildman–Crippen MR) is 63.3 cm³/mol. The molecule has 0 saturated heterocycles. The summed E-state index contributed by atoms with van der Waals surface area (Å²) in [6, 6.07) is 0. The Kier molecular flexibility index (Phi) is 4.16. The van der Waals surface area contributed by atoms with Crippen LogP contribution in [-0.2, 0) is 9.53 Å². The normalized spacial score (nSPS) is 13.6. The number of carbonyl (C=O) groups is 1. The van der Waals surface area contributed by atoms with Gasteiger partial charge in [-0.2, -0.15) is 0 Å². The molecule has 15 heavy (non-hydrogen) atoms. The molecule has 0 saturated carbocycles. The van der Waals surface area contributed by atoms with Crippen molar-refractivity contribution in [3.05, 3.63) is 11.6 Å². The highest BCUT2D eigenvalue weighted by Crippen LogP contribution is 2.26. The zero-order chi connectivity index (χ0) is 11.5. The molecule has 0 bridgehead atoms. The number of rotatable bonds is 3. The molecule has 0 radical (unpaired) electrons. The van der Waals surface area contributed by atoms with E-state index in [0.29, 0.717) is 0 Å². The lowest BCUT2D eigenvalue weighted by Crippen LogP contribution is -2.28. The summed E-state index contributed by atoms with van der Waals surface area (Å²) < 4.78 is 6.16. The SMILES string of the molecule is CC(Sc1nccs1)C(=O)OC(C)(C)C. The van der Waals surface area contributed by atoms with Crippen LogP contribution in [0.5, 0.6) is 0 Å². The molecule has 0 aliphatic rings. The van der Waals surface area contributed by atoms with Crippen LogP contribution in [0.2, 0.25) is 0 Å². The molecule has 1 aromatic heterocycles. The van der Waals surface area contributed by atoms with Gasteiger partial charge < -0.3 is 4.74 Å².